The predicted molar refractivity (Wildman–Crippen MR) is 79.8 cm³/mol. The van der Waals surface area contributed by atoms with Crippen molar-refractivity contribution >= 4 is 5.91 Å². The summed E-state index contributed by atoms with van der Waals surface area (Å²) >= 11 is 0. The van der Waals surface area contributed by atoms with Crippen LogP contribution in [0.2, 0.25) is 0 Å². The molecule has 0 aliphatic heterocycles. The van der Waals surface area contributed by atoms with E-state index in [2.05, 4.69) is 4.98 Å². The fourth-order valence-corrected chi connectivity index (χ4v) is 2.05. The summed E-state index contributed by atoms with van der Waals surface area (Å²) in [6.07, 6.45) is 0.777. The number of nitrogens with zero attached hydrogens (tertiary/aromatic N) is 2. The third-order valence-corrected chi connectivity index (χ3v) is 3.09. The smallest absolute Gasteiger partial charge is 0.276 e. The number of aromatic nitrogens is 1. The molecule has 2 aromatic rings. The molecule has 0 bridgehead atoms. The summed E-state index contributed by atoms with van der Waals surface area (Å²) in [5, 5.41) is 9.51. The molecule has 0 radical (unpaired) electrons. The van der Waals surface area contributed by atoms with Gasteiger partial charge in [0, 0.05) is 18.2 Å². The third-order valence-electron chi connectivity index (χ3n) is 3.09. The average molecular weight is 288 g/mol. The Morgan fingerprint density at radius 2 is 1.95 bits per heavy atom. The molecule has 0 saturated carbocycles. The molecule has 1 amide bonds. The van der Waals surface area contributed by atoms with Gasteiger partial charge in [-0.25, -0.2) is 4.98 Å². The van der Waals surface area contributed by atoms with E-state index in [9.17, 15) is 9.90 Å². The molecule has 2 rings (SSSR count). The van der Waals surface area contributed by atoms with Gasteiger partial charge in [0.15, 0.2) is 5.69 Å². The molecule has 112 valence electrons. The zero-order valence-electron chi connectivity index (χ0n) is 12.5. The summed E-state index contributed by atoms with van der Waals surface area (Å²) in [5.41, 5.74) is 1.08. The Hall–Kier alpha value is -2.14. The number of aliphatic hydroxyl groups is 1. The van der Waals surface area contributed by atoms with Crippen molar-refractivity contribution in [1.82, 2.24) is 9.88 Å². The van der Waals surface area contributed by atoms with Gasteiger partial charge in [-0.1, -0.05) is 18.2 Å². The number of oxazole rings is 1. The third kappa shape index (κ3) is 3.70. The van der Waals surface area contributed by atoms with Crippen molar-refractivity contribution in [3.8, 4) is 11.5 Å². The second kappa shape index (κ2) is 6.54. The SMILES string of the molecule is CC(O)CN(C(=O)c1coc(-c2ccccc2)n1)C(C)C. The van der Waals surface area contributed by atoms with Gasteiger partial charge < -0.3 is 14.4 Å². The number of aliphatic hydroxyl groups excluding tert-OH is 1. The van der Waals surface area contributed by atoms with Crippen molar-refractivity contribution in [2.45, 2.75) is 32.9 Å². The zero-order valence-corrected chi connectivity index (χ0v) is 12.5. The first-order chi connectivity index (χ1) is 9.99. The summed E-state index contributed by atoms with van der Waals surface area (Å²) in [4.78, 5) is 18.3. The van der Waals surface area contributed by atoms with E-state index in [4.69, 9.17) is 4.42 Å². The molecule has 0 aliphatic carbocycles. The molecule has 1 atom stereocenters. The van der Waals surface area contributed by atoms with Gasteiger partial charge in [-0.15, -0.1) is 0 Å². The fourth-order valence-electron chi connectivity index (χ4n) is 2.05. The van der Waals surface area contributed by atoms with Crippen molar-refractivity contribution in [2.75, 3.05) is 6.54 Å². The van der Waals surface area contributed by atoms with E-state index in [0.717, 1.165) is 5.56 Å². The highest BCUT2D eigenvalue weighted by atomic mass is 16.3. The Morgan fingerprint density at radius 1 is 1.29 bits per heavy atom. The first kappa shape index (κ1) is 15.3. The number of carbonyl (C=O) groups is 1. The molecular formula is C16H20N2O3. The Balaban J connectivity index is 2.22. The molecule has 0 spiro atoms. The minimum atomic E-state index is -0.586. The van der Waals surface area contributed by atoms with Gasteiger partial charge in [-0.3, -0.25) is 4.79 Å². The molecule has 0 aliphatic rings. The summed E-state index contributed by atoms with van der Waals surface area (Å²) in [5.74, 6) is 0.177. The van der Waals surface area contributed by atoms with Gasteiger partial charge in [-0.2, -0.15) is 0 Å². The van der Waals surface area contributed by atoms with E-state index < -0.39 is 6.10 Å². The number of rotatable bonds is 5. The standard InChI is InChI=1S/C16H20N2O3/c1-11(2)18(9-12(3)19)16(20)14-10-21-15(17-14)13-7-5-4-6-8-13/h4-8,10-12,19H,9H2,1-3H3. The second-order valence-electron chi connectivity index (χ2n) is 5.30. The van der Waals surface area contributed by atoms with E-state index in [0.29, 0.717) is 5.89 Å². The zero-order chi connectivity index (χ0) is 15.4. The number of hydrogen-bond donors (Lipinski definition) is 1. The van der Waals surface area contributed by atoms with Crippen LogP contribution in [0.15, 0.2) is 41.0 Å². The molecule has 1 aromatic carbocycles. The van der Waals surface area contributed by atoms with Crippen molar-refractivity contribution in [2.24, 2.45) is 0 Å². The Morgan fingerprint density at radius 3 is 2.52 bits per heavy atom. The molecule has 1 N–H and O–H groups in total. The normalized spacial score (nSPS) is 12.4. The van der Waals surface area contributed by atoms with Gasteiger partial charge in [-0.05, 0) is 32.9 Å². The Bertz CT molecular complexity index is 591. The molecule has 0 saturated heterocycles. The lowest BCUT2D eigenvalue weighted by atomic mass is 10.2. The van der Waals surface area contributed by atoms with Gasteiger partial charge in [0.2, 0.25) is 5.89 Å². The van der Waals surface area contributed by atoms with Gasteiger partial charge in [0.1, 0.15) is 6.26 Å². The lowest BCUT2D eigenvalue weighted by molar-refractivity contribution is 0.0573. The quantitative estimate of drug-likeness (QED) is 0.918. The topological polar surface area (TPSA) is 66.6 Å². The molecule has 1 aromatic heterocycles. The maximum Gasteiger partial charge on any atom is 0.276 e. The van der Waals surface area contributed by atoms with Crippen LogP contribution in [0.1, 0.15) is 31.3 Å². The summed E-state index contributed by atoms with van der Waals surface area (Å²) < 4.78 is 5.39. The highest BCUT2D eigenvalue weighted by Crippen LogP contribution is 2.19. The molecule has 1 heterocycles. The summed E-state index contributed by atoms with van der Waals surface area (Å²) in [6.45, 7) is 5.72. The van der Waals surface area contributed by atoms with Crippen molar-refractivity contribution in [1.29, 1.82) is 0 Å². The maximum atomic E-state index is 12.5. The van der Waals surface area contributed by atoms with E-state index in [1.807, 2.05) is 44.2 Å². The summed E-state index contributed by atoms with van der Waals surface area (Å²) in [6, 6.07) is 9.39. The van der Waals surface area contributed by atoms with Crippen molar-refractivity contribution in [3.63, 3.8) is 0 Å². The van der Waals surface area contributed by atoms with Crippen LogP contribution in [0.25, 0.3) is 11.5 Å². The maximum absolute atomic E-state index is 12.5. The van der Waals surface area contributed by atoms with E-state index in [1.165, 1.54) is 6.26 Å². The monoisotopic (exact) mass is 288 g/mol. The molecule has 5 nitrogen and oxygen atoms in total. The molecule has 5 heteroatoms. The van der Waals surface area contributed by atoms with Crippen LogP contribution in [0.5, 0.6) is 0 Å². The number of carbonyl (C=O) groups excluding carboxylic acids is 1. The van der Waals surface area contributed by atoms with Crippen molar-refractivity contribution < 1.29 is 14.3 Å². The highest BCUT2D eigenvalue weighted by molar-refractivity contribution is 5.92. The van der Waals surface area contributed by atoms with Crippen LogP contribution in [-0.2, 0) is 0 Å². The number of amides is 1. The minimum Gasteiger partial charge on any atom is -0.444 e. The van der Waals surface area contributed by atoms with Gasteiger partial charge in [0.25, 0.3) is 5.91 Å². The summed E-state index contributed by atoms with van der Waals surface area (Å²) in [7, 11) is 0. The average Bonchev–Trinajstić information content (AvgIpc) is 2.94. The second-order valence-corrected chi connectivity index (χ2v) is 5.30. The number of benzene rings is 1. The van der Waals surface area contributed by atoms with Crippen LogP contribution in [0.3, 0.4) is 0 Å². The minimum absolute atomic E-state index is 0.0241. The van der Waals surface area contributed by atoms with Crippen LogP contribution in [0, 0.1) is 0 Å². The molecule has 1 unspecified atom stereocenters. The Labute approximate surface area is 124 Å². The van der Waals surface area contributed by atoms with Gasteiger partial charge >= 0.3 is 0 Å². The highest BCUT2D eigenvalue weighted by Gasteiger charge is 2.23. The van der Waals surface area contributed by atoms with Crippen LogP contribution >= 0.6 is 0 Å². The molecule has 0 fully saturated rings. The largest absolute Gasteiger partial charge is 0.444 e. The van der Waals surface area contributed by atoms with E-state index >= 15 is 0 Å². The molecule has 21 heavy (non-hydrogen) atoms. The first-order valence-corrected chi connectivity index (χ1v) is 6.99. The van der Waals surface area contributed by atoms with E-state index in [-0.39, 0.29) is 24.2 Å². The lowest BCUT2D eigenvalue weighted by Crippen LogP contribution is -2.41. The predicted octanol–water partition coefficient (Wildman–Crippen LogP) is 2.57. The number of hydrogen-bond acceptors (Lipinski definition) is 4. The van der Waals surface area contributed by atoms with Crippen LogP contribution in [0.4, 0.5) is 0 Å². The lowest BCUT2D eigenvalue weighted by Gasteiger charge is -2.27. The first-order valence-electron chi connectivity index (χ1n) is 6.99. The molecular weight excluding hydrogens is 268 g/mol. The van der Waals surface area contributed by atoms with Crippen LogP contribution in [-0.4, -0.2) is 39.6 Å². The van der Waals surface area contributed by atoms with Gasteiger partial charge in [0.05, 0.1) is 6.10 Å². The fraction of sp³-hybridized carbons (Fsp3) is 0.375. The Kier molecular flexibility index (Phi) is 4.75. The van der Waals surface area contributed by atoms with Crippen molar-refractivity contribution in [3.05, 3.63) is 42.3 Å². The van der Waals surface area contributed by atoms with Crippen LogP contribution < -0.4 is 0 Å². The van der Waals surface area contributed by atoms with E-state index in [1.54, 1.807) is 11.8 Å².